The molecular formula is C21H30N4O3. The zero-order valence-electron chi connectivity index (χ0n) is 17.2. The van der Waals surface area contributed by atoms with E-state index in [1.165, 1.54) is 6.92 Å². The van der Waals surface area contributed by atoms with Crippen LogP contribution < -0.4 is 10.2 Å². The van der Waals surface area contributed by atoms with Crippen LogP contribution in [0.1, 0.15) is 43.5 Å². The number of hydrogen-bond acceptors (Lipinski definition) is 4. The smallest absolute Gasteiger partial charge is 0.254 e. The molecule has 2 saturated heterocycles. The van der Waals surface area contributed by atoms with Gasteiger partial charge in [0.05, 0.1) is 0 Å². The minimum Gasteiger partial charge on any atom is -0.378 e. The maximum absolute atomic E-state index is 13.4. The predicted molar refractivity (Wildman–Crippen MR) is 108 cm³/mol. The number of carbonyl (C=O) groups excluding carboxylic acids is 3. The fourth-order valence-electron chi connectivity index (χ4n) is 4.50. The highest BCUT2D eigenvalue weighted by molar-refractivity contribution is 5.95. The first-order valence-electron chi connectivity index (χ1n) is 9.84. The summed E-state index contributed by atoms with van der Waals surface area (Å²) in [5, 5.41) is 2.99. The highest BCUT2D eigenvalue weighted by Gasteiger charge is 2.49. The Morgan fingerprint density at radius 3 is 2.18 bits per heavy atom. The molecule has 0 radical (unpaired) electrons. The van der Waals surface area contributed by atoms with Crippen LogP contribution in [-0.4, -0.2) is 72.8 Å². The van der Waals surface area contributed by atoms with Gasteiger partial charge in [0.1, 0.15) is 0 Å². The van der Waals surface area contributed by atoms with Crippen molar-refractivity contribution in [2.24, 2.45) is 0 Å². The minimum atomic E-state index is -0.309. The van der Waals surface area contributed by atoms with Crippen molar-refractivity contribution in [1.29, 1.82) is 0 Å². The highest BCUT2D eigenvalue weighted by Crippen LogP contribution is 2.39. The Hall–Kier alpha value is -2.57. The Labute approximate surface area is 166 Å². The van der Waals surface area contributed by atoms with E-state index in [9.17, 15) is 14.4 Å². The number of piperidine rings is 1. The van der Waals surface area contributed by atoms with E-state index in [2.05, 4.69) is 5.32 Å². The minimum absolute atomic E-state index is 0.00515. The van der Waals surface area contributed by atoms with Crippen LogP contribution >= 0.6 is 0 Å². The molecule has 1 atom stereocenters. The average Bonchev–Trinajstić information content (AvgIpc) is 2.98. The molecule has 3 rings (SSSR count). The summed E-state index contributed by atoms with van der Waals surface area (Å²) in [5.41, 5.74) is 1.39. The van der Waals surface area contributed by atoms with Crippen molar-refractivity contribution < 1.29 is 14.4 Å². The summed E-state index contributed by atoms with van der Waals surface area (Å²) in [4.78, 5) is 42.5. The molecule has 2 aliphatic rings. The second kappa shape index (κ2) is 7.81. The number of hydrogen-bond donors (Lipinski definition) is 1. The van der Waals surface area contributed by atoms with Crippen LogP contribution in [0.5, 0.6) is 0 Å². The fourth-order valence-corrected chi connectivity index (χ4v) is 4.50. The molecule has 2 fully saturated rings. The lowest BCUT2D eigenvalue weighted by Crippen LogP contribution is -2.54. The molecule has 152 valence electrons. The molecule has 3 amide bonds. The van der Waals surface area contributed by atoms with Crippen LogP contribution in [-0.2, 0) is 9.59 Å². The summed E-state index contributed by atoms with van der Waals surface area (Å²) in [6.45, 7) is 4.89. The quantitative estimate of drug-likeness (QED) is 0.854. The second-order valence-electron chi connectivity index (χ2n) is 8.19. The van der Waals surface area contributed by atoms with Crippen molar-refractivity contribution in [3.05, 3.63) is 29.8 Å². The van der Waals surface area contributed by atoms with Crippen molar-refractivity contribution in [3.8, 4) is 0 Å². The molecule has 1 unspecified atom stereocenters. The zero-order chi connectivity index (χ0) is 20.5. The van der Waals surface area contributed by atoms with E-state index in [4.69, 9.17) is 0 Å². The summed E-state index contributed by atoms with van der Waals surface area (Å²) in [7, 11) is 3.93. The molecule has 0 bridgehead atoms. The van der Waals surface area contributed by atoms with Crippen molar-refractivity contribution in [3.63, 3.8) is 0 Å². The zero-order valence-corrected chi connectivity index (χ0v) is 17.2. The SMILES string of the molecule is CC(=O)NC1CN(C(=O)c2ccc(N(C)C)cc2)C2(CCN(C(C)=O)CC2)C1. The third-order valence-electron chi connectivity index (χ3n) is 6.02. The Kier molecular flexibility index (Phi) is 5.63. The van der Waals surface area contributed by atoms with Crippen LogP contribution in [0.25, 0.3) is 0 Å². The Morgan fingerprint density at radius 1 is 1.07 bits per heavy atom. The molecule has 2 aliphatic heterocycles. The lowest BCUT2D eigenvalue weighted by Gasteiger charge is -2.44. The average molecular weight is 386 g/mol. The summed E-state index contributed by atoms with van der Waals surface area (Å²) < 4.78 is 0. The standard InChI is InChI=1S/C21H30N4O3/c1-15(26)22-18-13-21(9-11-24(12-10-21)16(2)27)25(14-18)20(28)17-5-7-19(8-6-17)23(3)4/h5-8,18H,9-14H2,1-4H3,(H,22,26). The van der Waals surface area contributed by atoms with Crippen molar-refractivity contribution >= 4 is 23.4 Å². The number of carbonyl (C=O) groups is 3. The van der Waals surface area contributed by atoms with Gasteiger partial charge in [0, 0.05) is 70.4 Å². The van der Waals surface area contributed by atoms with E-state index >= 15 is 0 Å². The fraction of sp³-hybridized carbons (Fsp3) is 0.571. The summed E-state index contributed by atoms with van der Waals surface area (Å²) in [6, 6.07) is 7.56. The van der Waals surface area contributed by atoms with Gasteiger partial charge in [-0.05, 0) is 43.5 Å². The van der Waals surface area contributed by atoms with Gasteiger partial charge in [0.15, 0.2) is 0 Å². The highest BCUT2D eigenvalue weighted by atomic mass is 16.2. The molecule has 7 heteroatoms. The second-order valence-corrected chi connectivity index (χ2v) is 8.19. The normalized spacial score (nSPS) is 20.9. The molecule has 0 saturated carbocycles. The van der Waals surface area contributed by atoms with Gasteiger partial charge in [-0.1, -0.05) is 0 Å². The Bertz CT molecular complexity index is 751. The molecule has 1 aromatic carbocycles. The number of rotatable bonds is 3. The number of benzene rings is 1. The largest absolute Gasteiger partial charge is 0.378 e. The van der Waals surface area contributed by atoms with Gasteiger partial charge in [0.25, 0.3) is 5.91 Å². The van der Waals surface area contributed by atoms with Gasteiger partial charge >= 0.3 is 0 Å². The molecule has 1 aromatic rings. The predicted octanol–water partition coefficient (Wildman–Crippen LogP) is 1.48. The first-order valence-corrected chi connectivity index (χ1v) is 9.84. The summed E-state index contributed by atoms with van der Waals surface area (Å²) in [5.74, 6) is -0.0104. The van der Waals surface area contributed by atoms with Crippen LogP contribution in [0.4, 0.5) is 5.69 Å². The molecule has 1 N–H and O–H groups in total. The van der Waals surface area contributed by atoms with Crippen LogP contribution in [0.2, 0.25) is 0 Å². The third kappa shape index (κ3) is 3.98. The van der Waals surface area contributed by atoms with Crippen molar-refractivity contribution in [2.45, 2.75) is 44.7 Å². The Balaban J connectivity index is 1.83. The molecule has 7 nitrogen and oxygen atoms in total. The van der Waals surface area contributed by atoms with E-state index in [-0.39, 0.29) is 29.3 Å². The molecule has 0 aromatic heterocycles. The first-order chi connectivity index (χ1) is 13.2. The van der Waals surface area contributed by atoms with Gasteiger partial charge in [-0.2, -0.15) is 0 Å². The molecule has 2 heterocycles. The number of likely N-dealkylation sites (tertiary alicyclic amines) is 2. The summed E-state index contributed by atoms with van der Waals surface area (Å²) in [6.07, 6.45) is 2.22. The molecule has 1 spiro atoms. The number of amides is 3. The van der Waals surface area contributed by atoms with E-state index < -0.39 is 0 Å². The van der Waals surface area contributed by atoms with Crippen molar-refractivity contribution in [2.75, 3.05) is 38.6 Å². The maximum atomic E-state index is 13.4. The van der Waals surface area contributed by atoms with Gasteiger partial charge in [-0.15, -0.1) is 0 Å². The lowest BCUT2D eigenvalue weighted by atomic mass is 9.83. The number of anilines is 1. The van der Waals surface area contributed by atoms with Gasteiger partial charge in [-0.3, -0.25) is 14.4 Å². The van der Waals surface area contributed by atoms with Crippen LogP contribution in [0, 0.1) is 0 Å². The van der Waals surface area contributed by atoms with Crippen LogP contribution in [0.15, 0.2) is 24.3 Å². The number of nitrogens with one attached hydrogen (secondary N) is 1. The van der Waals surface area contributed by atoms with Gasteiger partial charge in [0.2, 0.25) is 11.8 Å². The molecule has 0 aliphatic carbocycles. The summed E-state index contributed by atoms with van der Waals surface area (Å²) >= 11 is 0. The lowest BCUT2D eigenvalue weighted by molar-refractivity contribution is -0.131. The third-order valence-corrected chi connectivity index (χ3v) is 6.02. The van der Waals surface area contributed by atoms with E-state index in [1.807, 2.05) is 53.1 Å². The maximum Gasteiger partial charge on any atom is 0.254 e. The Morgan fingerprint density at radius 2 is 1.68 bits per heavy atom. The first kappa shape index (κ1) is 20.2. The van der Waals surface area contributed by atoms with Crippen molar-refractivity contribution in [1.82, 2.24) is 15.1 Å². The monoisotopic (exact) mass is 386 g/mol. The van der Waals surface area contributed by atoms with Crippen LogP contribution in [0.3, 0.4) is 0 Å². The van der Waals surface area contributed by atoms with Gasteiger partial charge < -0.3 is 20.0 Å². The van der Waals surface area contributed by atoms with E-state index in [0.717, 1.165) is 24.9 Å². The molecule has 28 heavy (non-hydrogen) atoms. The molecular weight excluding hydrogens is 356 g/mol. The topological polar surface area (TPSA) is 73.0 Å². The number of nitrogens with zero attached hydrogens (tertiary/aromatic N) is 3. The van der Waals surface area contributed by atoms with E-state index in [1.54, 1.807) is 6.92 Å². The van der Waals surface area contributed by atoms with E-state index in [0.29, 0.717) is 25.2 Å². The van der Waals surface area contributed by atoms with Gasteiger partial charge in [-0.25, -0.2) is 0 Å².